The number of benzene rings is 1. The van der Waals surface area contributed by atoms with Crippen molar-refractivity contribution in [2.45, 2.75) is 45.8 Å². The second-order valence-corrected chi connectivity index (χ2v) is 6.51. The largest absolute Gasteiger partial charge is 0.493 e. The quantitative estimate of drug-likeness (QED) is 0.790. The summed E-state index contributed by atoms with van der Waals surface area (Å²) >= 11 is 3.61. The van der Waals surface area contributed by atoms with Crippen molar-refractivity contribution in [1.82, 2.24) is 5.32 Å². The monoisotopic (exact) mass is 355 g/mol. The summed E-state index contributed by atoms with van der Waals surface area (Å²) in [6.45, 7) is 9.02. The molecule has 1 saturated heterocycles. The Hall–Kier alpha value is -0.580. The first-order valence-electron chi connectivity index (χ1n) is 7.94. The average molecular weight is 356 g/mol. The molecule has 1 aromatic rings. The van der Waals surface area contributed by atoms with Crippen LogP contribution >= 0.6 is 15.9 Å². The lowest BCUT2D eigenvalue weighted by Crippen LogP contribution is -2.35. The van der Waals surface area contributed by atoms with Crippen molar-refractivity contribution in [1.29, 1.82) is 0 Å². The number of halogens is 1. The summed E-state index contributed by atoms with van der Waals surface area (Å²) in [5.74, 6) is 1.49. The molecule has 3 atom stereocenters. The van der Waals surface area contributed by atoms with Crippen molar-refractivity contribution < 1.29 is 9.47 Å². The van der Waals surface area contributed by atoms with Crippen molar-refractivity contribution in [3.63, 3.8) is 0 Å². The van der Waals surface area contributed by atoms with Gasteiger partial charge in [-0.25, -0.2) is 0 Å². The molecule has 118 valence electrons. The molecule has 4 heteroatoms. The van der Waals surface area contributed by atoms with E-state index >= 15 is 0 Å². The van der Waals surface area contributed by atoms with Crippen LogP contribution in [0.15, 0.2) is 22.7 Å². The van der Waals surface area contributed by atoms with E-state index in [2.05, 4.69) is 47.2 Å². The second-order valence-electron chi connectivity index (χ2n) is 5.66. The van der Waals surface area contributed by atoms with Crippen LogP contribution in [0.5, 0.6) is 5.75 Å². The number of ether oxygens (including phenoxy) is 2. The van der Waals surface area contributed by atoms with Gasteiger partial charge < -0.3 is 14.8 Å². The van der Waals surface area contributed by atoms with Crippen LogP contribution in [0.1, 0.15) is 45.2 Å². The van der Waals surface area contributed by atoms with Crippen LogP contribution in [-0.2, 0) is 4.74 Å². The van der Waals surface area contributed by atoms with Gasteiger partial charge >= 0.3 is 0 Å². The molecule has 0 radical (unpaired) electrons. The standard InChI is InChI=1S/C17H26BrNO2/c1-4-9-19-16(17-12(3)8-10-21-17)13-6-7-15(20-5-2)14(18)11-13/h6-7,11-12,16-17,19H,4-5,8-10H2,1-3H3. The Bertz CT molecular complexity index is 452. The molecule has 0 aromatic heterocycles. The molecular weight excluding hydrogens is 330 g/mol. The van der Waals surface area contributed by atoms with Gasteiger partial charge in [-0.1, -0.05) is 19.9 Å². The summed E-state index contributed by atoms with van der Waals surface area (Å²) in [5, 5.41) is 3.65. The van der Waals surface area contributed by atoms with Crippen LogP contribution in [0, 0.1) is 5.92 Å². The van der Waals surface area contributed by atoms with Crippen LogP contribution in [0.4, 0.5) is 0 Å². The van der Waals surface area contributed by atoms with Gasteiger partial charge in [0.25, 0.3) is 0 Å². The Morgan fingerprint density at radius 1 is 1.43 bits per heavy atom. The molecule has 1 heterocycles. The molecule has 1 N–H and O–H groups in total. The van der Waals surface area contributed by atoms with Crippen LogP contribution in [0.2, 0.25) is 0 Å². The molecule has 0 amide bonds. The predicted molar refractivity (Wildman–Crippen MR) is 89.9 cm³/mol. The van der Waals surface area contributed by atoms with Crippen molar-refractivity contribution in [3.05, 3.63) is 28.2 Å². The molecule has 1 fully saturated rings. The van der Waals surface area contributed by atoms with Crippen molar-refractivity contribution in [2.75, 3.05) is 19.8 Å². The van der Waals surface area contributed by atoms with Crippen LogP contribution in [0.25, 0.3) is 0 Å². The Labute approximate surface area is 136 Å². The number of hydrogen-bond acceptors (Lipinski definition) is 3. The zero-order chi connectivity index (χ0) is 15.2. The maximum atomic E-state index is 5.99. The third-order valence-corrected chi connectivity index (χ3v) is 4.62. The summed E-state index contributed by atoms with van der Waals surface area (Å²) in [7, 11) is 0. The van der Waals surface area contributed by atoms with Gasteiger partial charge in [0, 0.05) is 6.61 Å². The highest BCUT2D eigenvalue weighted by atomic mass is 79.9. The molecular formula is C17H26BrNO2. The van der Waals surface area contributed by atoms with E-state index in [-0.39, 0.29) is 12.1 Å². The SMILES string of the molecule is CCCNC(c1ccc(OCC)c(Br)c1)C1OCCC1C. The first-order chi connectivity index (χ1) is 10.2. The summed E-state index contributed by atoms with van der Waals surface area (Å²) < 4.78 is 12.6. The smallest absolute Gasteiger partial charge is 0.133 e. The average Bonchev–Trinajstić information content (AvgIpc) is 2.89. The Morgan fingerprint density at radius 2 is 2.24 bits per heavy atom. The van der Waals surface area contributed by atoms with Gasteiger partial charge in [0.05, 0.1) is 23.2 Å². The van der Waals surface area contributed by atoms with Gasteiger partial charge in [-0.05, 0) is 65.9 Å². The lowest BCUT2D eigenvalue weighted by molar-refractivity contribution is 0.0607. The molecule has 1 aliphatic heterocycles. The third-order valence-electron chi connectivity index (χ3n) is 4.00. The highest BCUT2D eigenvalue weighted by Crippen LogP contribution is 2.34. The van der Waals surface area contributed by atoms with Crippen LogP contribution < -0.4 is 10.1 Å². The fourth-order valence-corrected chi connectivity index (χ4v) is 3.36. The molecule has 0 bridgehead atoms. The molecule has 0 aliphatic carbocycles. The maximum absolute atomic E-state index is 5.99. The summed E-state index contributed by atoms with van der Waals surface area (Å²) in [6, 6.07) is 6.60. The van der Waals surface area contributed by atoms with E-state index in [1.165, 1.54) is 5.56 Å². The minimum Gasteiger partial charge on any atom is -0.493 e. The Morgan fingerprint density at radius 3 is 2.81 bits per heavy atom. The minimum atomic E-state index is 0.245. The predicted octanol–water partition coefficient (Wildman–Crippen LogP) is 4.31. The minimum absolute atomic E-state index is 0.245. The molecule has 21 heavy (non-hydrogen) atoms. The topological polar surface area (TPSA) is 30.5 Å². The lowest BCUT2D eigenvalue weighted by Gasteiger charge is -2.28. The fraction of sp³-hybridized carbons (Fsp3) is 0.647. The highest BCUT2D eigenvalue weighted by molar-refractivity contribution is 9.10. The molecule has 2 rings (SSSR count). The molecule has 0 spiro atoms. The fourth-order valence-electron chi connectivity index (χ4n) is 2.85. The van der Waals surface area contributed by atoms with E-state index in [1.807, 2.05) is 13.0 Å². The van der Waals surface area contributed by atoms with Gasteiger partial charge in [0.2, 0.25) is 0 Å². The van der Waals surface area contributed by atoms with E-state index in [4.69, 9.17) is 9.47 Å². The summed E-state index contributed by atoms with van der Waals surface area (Å²) in [5.41, 5.74) is 1.26. The Balaban J connectivity index is 2.21. The molecule has 1 aromatic carbocycles. The number of rotatable bonds is 7. The van der Waals surface area contributed by atoms with E-state index < -0.39 is 0 Å². The van der Waals surface area contributed by atoms with Gasteiger partial charge in [0.15, 0.2) is 0 Å². The van der Waals surface area contributed by atoms with Crippen molar-refractivity contribution >= 4 is 15.9 Å². The number of nitrogens with one attached hydrogen (secondary N) is 1. The van der Waals surface area contributed by atoms with Crippen molar-refractivity contribution in [2.24, 2.45) is 5.92 Å². The zero-order valence-electron chi connectivity index (χ0n) is 13.2. The molecule has 0 saturated carbocycles. The Kier molecular flexibility index (Phi) is 6.52. The van der Waals surface area contributed by atoms with E-state index in [0.717, 1.165) is 36.2 Å². The molecule has 3 unspecified atom stereocenters. The molecule has 1 aliphatic rings. The molecule has 3 nitrogen and oxygen atoms in total. The van der Waals surface area contributed by atoms with E-state index in [0.29, 0.717) is 12.5 Å². The van der Waals surface area contributed by atoms with Gasteiger partial charge in [-0.2, -0.15) is 0 Å². The highest BCUT2D eigenvalue weighted by Gasteiger charge is 2.32. The summed E-state index contributed by atoms with van der Waals surface area (Å²) in [4.78, 5) is 0. The summed E-state index contributed by atoms with van der Waals surface area (Å²) in [6.07, 6.45) is 2.52. The van der Waals surface area contributed by atoms with Gasteiger partial charge in [0.1, 0.15) is 5.75 Å². The lowest BCUT2D eigenvalue weighted by atomic mass is 9.92. The maximum Gasteiger partial charge on any atom is 0.133 e. The van der Waals surface area contributed by atoms with Crippen LogP contribution in [-0.4, -0.2) is 25.9 Å². The number of hydrogen-bond donors (Lipinski definition) is 1. The second kappa shape index (κ2) is 8.16. The first kappa shape index (κ1) is 16.8. The van der Waals surface area contributed by atoms with E-state index in [9.17, 15) is 0 Å². The third kappa shape index (κ3) is 4.21. The van der Waals surface area contributed by atoms with Crippen LogP contribution in [0.3, 0.4) is 0 Å². The zero-order valence-corrected chi connectivity index (χ0v) is 14.8. The van der Waals surface area contributed by atoms with E-state index in [1.54, 1.807) is 0 Å². The normalized spacial score (nSPS) is 23.2. The van der Waals surface area contributed by atoms with Gasteiger partial charge in [-0.15, -0.1) is 0 Å². The van der Waals surface area contributed by atoms with Gasteiger partial charge in [-0.3, -0.25) is 0 Å². The first-order valence-corrected chi connectivity index (χ1v) is 8.73. The van der Waals surface area contributed by atoms with Crippen molar-refractivity contribution in [3.8, 4) is 5.75 Å².